The van der Waals surface area contributed by atoms with Crippen molar-refractivity contribution in [3.8, 4) is 0 Å². The third-order valence-electron chi connectivity index (χ3n) is 1.82. The molecule has 5 nitrogen and oxygen atoms in total. The molecular formula is C6H11FO5. The predicted molar refractivity (Wildman–Crippen MR) is 34.9 cm³/mol. The van der Waals surface area contributed by atoms with Crippen molar-refractivity contribution in [3.05, 3.63) is 0 Å². The molecule has 5 atom stereocenters. The van der Waals surface area contributed by atoms with Gasteiger partial charge in [0.25, 0.3) is 0 Å². The van der Waals surface area contributed by atoms with Gasteiger partial charge in [-0.2, -0.15) is 0 Å². The summed E-state index contributed by atoms with van der Waals surface area (Å²) in [6, 6.07) is 0. The van der Waals surface area contributed by atoms with Crippen molar-refractivity contribution in [1.82, 2.24) is 0 Å². The lowest BCUT2D eigenvalue weighted by molar-refractivity contribution is -0.274. The van der Waals surface area contributed by atoms with Crippen LogP contribution >= 0.6 is 0 Å². The average Bonchev–Trinajstić information content (AvgIpc) is 2.08. The molecule has 0 aliphatic carbocycles. The standard InChI is InChI=1S/C6H11FO5/c7-3-4(9)2(1-8)12-6(11)5(3)10/h2-6,8-11H,1H2/t2-,3+,4-,5+,6-/m1/s1. The Hall–Kier alpha value is -0.270. The van der Waals surface area contributed by atoms with Gasteiger partial charge in [0.05, 0.1) is 6.61 Å². The monoisotopic (exact) mass is 182 g/mol. The summed E-state index contributed by atoms with van der Waals surface area (Å²) in [4.78, 5) is 0. The van der Waals surface area contributed by atoms with E-state index in [9.17, 15) is 4.39 Å². The molecule has 0 unspecified atom stereocenters. The van der Waals surface area contributed by atoms with Crippen molar-refractivity contribution in [1.29, 1.82) is 0 Å². The van der Waals surface area contributed by atoms with E-state index in [1.165, 1.54) is 0 Å². The first kappa shape index (κ1) is 9.82. The molecule has 72 valence electrons. The lowest BCUT2D eigenvalue weighted by Gasteiger charge is -2.36. The van der Waals surface area contributed by atoms with Gasteiger partial charge in [-0.25, -0.2) is 4.39 Å². The largest absolute Gasteiger partial charge is 0.394 e. The van der Waals surface area contributed by atoms with Gasteiger partial charge in [0.15, 0.2) is 12.5 Å². The molecule has 1 aliphatic rings. The molecule has 0 bridgehead atoms. The molecule has 0 aromatic rings. The zero-order valence-corrected chi connectivity index (χ0v) is 6.17. The van der Waals surface area contributed by atoms with Gasteiger partial charge in [-0.05, 0) is 0 Å². The highest BCUT2D eigenvalue weighted by Crippen LogP contribution is 2.21. The topological polar surface area (TPSA) is 90.2 Å². The number of hydrogen-bond acceptors (Lipinski definition) is 5. The molecule has 1 rings (SSSR count). The van der Waals surface area contributed by atoms with Crippen LogP contribution in [0.25, 0.3) is 0 Å². The quantitative estimate of drug-likeness (QED) is 0.368. The third kappa shape index (κ3) is 1.57. The maximum Gasteiger partial charge on any atom is 0.184 e. The fraction of sp³-hybridized carbons (Fsp3) is 1.00. The highest BCUT2D eigenvalue weighted by atomic mass is 19.1. The van der Waals surface area contributed by atoms with Crippen LogP contribution in [0.5, 0.6) is 0 Å². The summed E-state index contributed by atoms with van der Waals surface area (Å²) in [6.45, 7) is -0.606. The lowest BCUT2D eigenvalue weighted by atomic mass is 10.0. The van der Waals surface area contributed by atoms with Crippen LogP contribution in [-0.2, 0) is 4.74 Å². The van der Waals surface area contributed by atoms with Crippen LogP contribution in [0.4, 0.5) is 4.39 Å². The number of aliphatic hydroxyl groups is 4. The summed E-state index contributed by atoms with van der Waals surface area (Å²) in [6.07, 6.45) is -8.24. The van der Waals surface area contributed by atoms with Crippen molar-refractivity contribution in [2.75, 3.05) is 6.61 Å². The Morgan fingerprint density at radius 3 is 2.25 bits per heavy atom. The molecule has 12 heavy (non-hydrogen) atoms. The molecular weight excluding hydrogens is 171 g/mol. The van der Waals surface area contributed by atoms with Crippen LogP contribution in [0, 0.1) is 0 Å². The van der Waals surface area contributed by atoms with Gasteiger partial charge >= 0.3 is 0 Å². The fourth-order valence-electron chi connectivity index (χ4n) is 1.06. The summed E-state index contributed by atoms with van der Waals surface area (Å²) in [5, 5.41) is 35.2. The summed E-state index contributed by atoms with van der Waals surface area (Å²) < 4.78 is 17.3. The zero-order chi connectivity index (χ0) is 9.30. The Labute approximate surface area is 68.0 Å². The second-order valence-corrected chi connectivity index (χ2v) is 2.67. The molecule has 0 aromatic heterocycles. The van der Waals surface area contributed by atoms with Gasteiger partial charge in [0.2, 0.25) is 0 Å². The lowest BCUT2D eigenvalue weighted by Crippen LogP contribution is -2.56. The minimum absolute atomic E-state index is 0.606. The Balaban J connectivity index is 2.63. The normalized spacial score (nSPS) is 49.2. The summed E-state index contributed by atoms with van der Waals surface area (Å²) in [7, 11) is 0. The van der Waals surface area contributed by atoms with Gasteiger partial charge in [-0.3, -0.25) is 0 Å². The average molecular weight is 182 g/mol. The van der Waals surface area contributed by atoms with Crippen molar-refractivity contribution >= 4 is 0 Å². The molecule has 1 fully saturated rings. The number of hydrogen-bond donors (Lipinski definition) is 4. The van der Waals surface area contributed by atoms with Crippen molar-refractivity contribution in [2.45, 2.75) is 30.8 Å². The Bertz CT molecular complexity index is 150. The molecule has 0 aromatic carbocycles. The van der Waals surface area contributed by atoms with Crippen molar-refractivity contribution in [3.63, 3.8) is 0 Å². The number of rotatable bonds is 1. The van der Waals surface area contributed by atoms with Crippen molar-refractivity contribution < 1.29 is 29.6 Å². The van der Waals surface area contributed by atoms with E-state index in [2.05, 4.69) is 4.74 Å². The predicted octanol–water partition coefficient (Wildman–Crippen LogP) is -2.24. The molecule has 1 aliphatic heterocycles. The first-order valence-electron chi connectivity index (χ1n) is 3.52. The molecule has 0 amide bonds. The highest BCUT2D eigenvalue weighted by molar-refractivity contribution is 4.88. The molecule has 6 heteroatoms. The van der Waals surface area contributed by atoms with Crippen molar-refractivity contribution in [2.24, 2.45) is 0 Å². The first-order valence-corrected chi connectivity index (χ1v) is 3.52. The van der Waals surface area contributed by atoms with E-state index in [1.54, 1.807) is 0 Å². The number of aliphatic hydroxyl groups excluding tert-OH is 4. The Morgan fingerprint density at radius 1 is 1.17 bits per heavy atom. The van der Waals surface area contributed by atoms with Gasteiger partial charge in [0, 0.05) is 0 Å². The molecule has 0 saturated carbocycles. The van der Waals surface area contributed by atoms with Crippen LogP contribution in [-0.4, -0.2) is 57.8 Å². The maximum absolute atomic E-state index is 12.8. The van der Waals surface area contributed by atoms with Gasteiger partial charge in [0.1, 0.15) is 18.3 Å². The number of alkyl halides is 1. The van der Waals surface area contributed by atoms with Gasteiger partial charge in [-0.1, -0.05) is 0 Å². The SMILES string of the molecule is OC[C@H]1O[C@@H](O)[C@@H](O)[C@@H](F)[C@@H]1O. The van der Waals surface area contributed by atoms with E-state index < -0.39 is 37.4 Å². The van der Waals surface area contributed by atoms with E-state index >= 15 is 0 Å². The molecule has 0 spiro atoms. The molecule has 1 saturated heterocycles. The smallest absolute Gasteiger partial charge is 0.184 e. The summed E-state index contributed by atoms with van der Waals surface area (Å²) in [5.74, 6) is 0. The van der Waals surface area contributed by atoms with Crippen LogP contribution in [0.2, 0.25) is 0 Å². The molecule has 0 radical (unpaired) electrons. The van der Waals surface area contributed by atoms with Crippen LogP contribution in [0.3, 0.4) is 0 Å². The minimum Gasteiger partial charge on any atom is -0.394 e. The molecule has 1 heterocycles. The summed E-state index contributed by atoms with van der Waals surface area (Å²) >= 11 is 0. The van der Waals surface area contributed by atoms with E-state index in [0.717, 1.165) is 0 Å². The fourth-order valence-corrected chi connectivity index (χ4v) is 1.06. The van der Waals surface area contributed by atoms with E-state index in [1.807, 2.05) is 0 Å². The maximum atomic E-state index is 12.8. The number of ether oxygens (including phenoxy) is 1. The Kier molecular flexibility index (Phi) is 2.97. The minimum atomic E-state index is -1.99. The second-order valence-electron chi connectivity index (χ2n) is 2.67. The van der Waals surface area contributed by atoms with Gasteiger partial charge < -0.3 is 25.2 Å². The zero-order valence-electron chi connectivity index (χ0n) is 6.17. The summed E-state index contributed by atoms with van der Waals surface area (Å²) in [5.41, 5.74) is 0. The van der Waals surface area contributed by atoms with E-state index in [4.69, 9.17) is 20.4 Å². The van der Waals surface area contributed by atoms with Crippen LogP contribution in [0.15, 0.2) is 0 Å². The Morgan fingerprint density at radius 2 is 1.75 bits per heavy atom. The number of halogens is 1. The molecule has 4 N–H and O–H groups in total. The van der Waals surface area contributed by atoms with E-state index in [-0.39, 0.29) is 0 Å². The van der Waals surface area contributed by atoms with Crippen LogP contribution in [0.1, 0.15) is 0 Å². The van der Waals surface area contributed by atoms with E-state index in [0.29, 0.717) is 0 Å². The third-order valence-corrected chi connectivity index (χ3v) is 1.82. The first-order chi connectivity index (χ1) is 5.57. The van der Waals surface area contributed by atoms with Crippen LogP contribution < -0.4 is 0 Å². The highest BCUT2D eigenvalue weighted by Gasteiger charge is 2.43. The van der Waals surface area contributed by atoms with Gasteiger partial charge in [-0.15, -0.1) is 0 Å². The second kappa shape index (κ2) is 3.63.